The number of nitrogens with zero attached hydrogens (tertiary/aromatic N) is 6. The molecular formula is C21H28N6O2. The lowest BCUT2D eigenvalue weighted by Gasteiger charge is -2.34. The minimum atomic E-state index is -0.492. The third kappa shape index (κ3) is 3.97. The van der Waals surface area contributed by atoms with Gasteiger partial charge in [-0.1, -0.05) is 0 Å². The van der Waals surface area contributed by atoms with Crippen LogP contribution in [0.1, 0.15) is 50.9 Å². The van der Waals surface area contributed by atoms with Gasteiger partial charge in [-0.2, -0.15) is 10.2 Å². The van der Waals surface area contributed by atoms with Crippen LogP contribution in [0.2, 0.25) is 0 Å². The maximum atomic E-state index is 12.5. The Balaban J connectivity index is 1.64. The third-order valence-corrected chi connectivity index (χ3v) is 5.18. The number of hydrogen-bond donors (Lipinski definition) is 0. The number of carbonyl (C=O) groups is 1. The summed E-state index contributed by atoms with van der Waals surface area (Å²) in [6, 6.07) is 2.08. The van der Waals surface area contributed by atoms with Gasteiger partial charge in [-0.15, -0.1) is 0 Å². The molecule has 4 heterocycles. The average Bonchev–Trinajstić information content (AvgIpc) is 3.26. The van der Waals surface area contributed by atoms with E-state index in [0.717, 1.165) is 47.5 Å². The Bertz CT molecular complexity index is 1050. The van der Waals surface area contributed by atoms with Gasteiger partial charge in [0.1, 0.15) is 5.60 Å². The molecule has 1 saturated heterocycles. The van der Waals surface area contributed by atoms with Gasteiger partial charge in [0, 0.05) is 54.8 Å². The lowest BCUT2D eigenvalue weighted by Crippen LogP contribution is -2.42. The van der Waals surface area contributed by atoms with Crippen LogP contribution in [-0.4, -0.2) is 54.1 Å². The van der Waals surface area contributed by atoms with Crippen molar-refractivity contribution in [2.75, 3.05) is 13.1 Å². The normalized spacial score (nSPS) is 17.7. The van der Waals surface area contributed by atoms with Gasteiger partial charge in [0.05, 0.1) is 12.4 Å². The van der Waals surface area contributed by atoms with E-state index in [2.05, 4.69) is 16.3 Å². The molecule has 0 aliphatic carbocycles. The van der Waals surface area contributed by atoms with Gasteiger partial charge in [0.15, 0.2) is 5.65 Å². The van der Waals surface area contributed by atoms with Crippen molar-refractivity contribution in [3.05, 3.63) is 36.0 Å². The fourth-order valence-electron chi connectivity index (χ4n) is 3.82. The molecule has 1 fully saturated rings. The van der Waals surface area contributed by atoms with Crippen molar-refractivity contribution in [2.24, 2.45) is 7.05 Å². The number of amides is 1. The summed E-state index contributed by atoms with van der Waals surface area (Å²) in [7, 11) is 1.90. The van der Waals surface area contributed by atoms with Crippen molar-refractivity contribution in [3.8, 4) is 11.1 Å². The zero-order chi connectivity index (χ0) is 20.8. The molecule has 154 valence electrons. The molecule has 29 heavy (non-hydrogen) atoms. The lowest BCUT2D eigenvalue weighted by molar-refractivity contribution is 0.0197. The first-order valence-corrected chi connectivity index (χ1v) is 10.0. The summed E-state index contributed by atoms with van der Waals surface area (Å²) in [5.74, 6) is 0.177. The van der Waals surface area contributed by atoms with E-state index in [4.69, 9.17) is 9.72 Å². The van der Waals surface area contributed by atoms with Crippen molar-refractivity contribution >= 4 is 11.7 Å². The molecule has 0 aromatic carbocycles. The highest BCUT2D eigenvalue weighted by Gasteiger charge is 2.29. The monoisotopic (exact) mass is 396 g/mol. The minimum Gasteiger partial charge on any atom is -0.444 e. The van der Waals surface area contributed by atoms with Crippen molar-refractivity contribution in [2.45, 2.75) is 52.1 Å². The molecule has 1 atom stereocenters. The van der Waals surface area contributed by atoms with Gasteiger partial charge in [0.25, 0.3) is 0 Å². The predicted molar refractivity (Wildman–Crippen MR) is 110 cm³/mol. The molecule has 8 heteroatoms. The summed E-state index contributed by atoms with van der Waals surface area (Å²) in [6.07, 6.45) is 7.31. The topological polar surface area (TPSA) is 77.6 Å². The van der Waals surface area contributed by atoms with Crippen molar-refractivity contribution in [3.63, 3.8) is 0 Å². The van der Waals surface area contributed by atoms with Crippen LogP contribution in [0.5, 0.6) is 0 Å². The molecular weight excluding hydrogens is 368 g/mol. The SMILES string of the molecule is Cc1cc(C2CCCN(C(=O)OC(C)(C)C)C2)nc2c(-c3cnn(C)c3)cnn12. The van der Waals surface area contributed by atoms with E-state index in [1.165, 1.54) is 0 Å². The van der Waals surface area contributed by atoms with E-state index in [1.807, 2.05) is 57.8 Å². The summed E-state index contributed by atoms with van der Waals surface area (Å²) in [4.78, 5) is 19.3. The largest absolute Gasteiger partial charge is 0.444 e. The second kappa shape index (κ2) is 7.17. The lowest BCUT2D eigenvalue weighted by atomic mass is 9.94. The van der Waals surface area contributed by atoms with E-state index in [1.54, 1.807) is 9.58 Å². The Hall–Kier alpha value is -2.90. The van der Waals surface area contributed by atoms with E-state index in [9.17, 15) is 4.79 Å². The Kier molecular flexibility index (Phi) is 4.80. The van der Waals surface area contributed by atoms with Crippen LogP contribution >= 0.6 is 0 Å². The molecule has 0 N–H and O–H groups in total. The van der Waals surface area contributed by atoms with Crippen LogP contribution in [0.3, 0.4) is 0 Å². The van der Waals surface area contributed by atoms with Crippen LogP contribution in [0.15, 0.2) is 24.7 Å². The molecule has 4 rings (SSSR count). The van der Waals surface area contributed by atoms with E-state index in [-0.39, 0.29) is 12.0 Å². The predicted octanol–water partition coefficient (Wildman–Crippen LogP) is 3.55. The Morgan fingerprint density at radius 3 is 2.72 bits per heavy atom. The number of carbonyl (C=O) groups excluding carboxylic acids is 1. The smallest absolute Gasteiger partial charge is 0.410 e. The Morgan fingerprint density at radius 1 is 1.24 bits per heavy atom. The first-order chi connectivity index (χ1) is 13.7. The highest BCUT2D eigenvalue weighted by Crippen LogP contribution is 2.30. The molecule has 0 spiro atoms. The number of likely N-dealkylation sites (tertiary alicyclic amines) is 1. The summed E-state index contributed by atoms with van der Waals surface area (Å²) >= 11 is 0. The molecule has 0 saturated carbocycles. The van der Waals surface area contributed by atoms with Gasteiger partial charge < -0.3 is 9.64 Å². The molecule has 3 aromatic heterocycles. The summed E-state index contributed by atoms with van der Waals surface area (Å²) in [5.41, 5.74) is 4.30. The van der Waals surface area contributed by atoms with Crippen molar-refractivity contribution in [1.82, 2.24) is 29.3 Å². The second-order valence-electron chi connectivity index (χ2n) is 8.78. The maximum Gasteiger partial charge on any atom is 0.410 e. The first kappa shape index (κ1) is 19.4. The van der Waals surface area contributed by atoms with E-state index >= 15 is 0 Å². The Morgan fingerprint density at radius 2 is 2.03 bits per heavy atom. The number of aromatic nitrogens is 5. The van der Waals surface area contributed by atoms with Gasteiger partial charge in [-0.05, 0) is 46.6 Å². The fourth-order valence-corrected chi connectivity index (χ4v) is 3.82. The second-order valence-corrected chi connectivity index (χ2v) is 8.78. The zero-order valence-corrected chi connectivity index (χ0v) is 17.7. The van der Waals surface area contributed by atoms with Crippen LogP contribution in [-0.2, 0) is 11.8 Å². The molecule has 1 amide bonds. The maximum absolute atomic E-state index is 12.5. The average molecular weight is 396 g/mol. The number of ether oxygens (including phenoxy) is 1. The highest BCUT2D eigenvalue weighted by atomic mass is 16.6. The highest BCUT2D eigenvalue weighted by molar-refractivity contribution is 5.76. The van der Waals surface area contributed by atoms with Gasteiger partial charge in [-0.25, -0.2) is 14.3 Å². The van der Waals surface area contributed by atoms with Crippen LogP contribution in [0.4, 0.5) is 4.79 Å². The summed E-state index contributed by atoms with van der Waals surface area (Å²) in [5, 5.41) is 8.77. The van der Waals surface area contributed by atoms with Gasteiger partial charge >= 0.3 is 6.09 Å². The van der Waals surface area contributed by atoms with E-state index in [0.29, 0.717) is 6.54 Å². The number of piperidine rings is 1. The summed E-state index contributed by atoms with van der Waals surface area (Å²) < 4.78 is 9.20. The standard InChI is InChI=1S/C21H28N6O2/c1-14-9-18(15-7-6-8-26(13-15)20(28)29-21(2,3)4)24-19-17(11-23-27(14)19)16-10-22-25(5)12-16/h9-12,15H,6-8,13H2,1-5H3. The van der Waals surface area contributed by atoms with Crippen LogP contribution in [0.25, 0.3) is 16.8 Å². The number of hydrogen-bond acceptors (Lipinski definition) is 5. The molecule has 1 unspecified atom stereocenters. The Labute approximate surface area is 170 Å². The molecule has 1 aliphatic rings. The van der Waals surface area contributed by atoms with Gasteiger partial charge in [-0.3, -0.25) is 4.68 Å². The molecule has 0 bridgehead atoms. The first-order valence-electron chi connectivity index (χ1n) is 10.0. The van der Waals surface area contributed by atoms with Crippen LogP contribution < -0.4 is 0 Å². The minimum absolute atomic E-state index is 0.177. The van der Waals surface area contributed by atoms with Crippen LogP contribution in [0, 0.1) is 6.92 Å². The molecule has 0 radical (unpaired) electrons. The molecule has 8 nitrogen and oxygen atoms in total. The quantitative estimate of drug-likeness (QED) is 0.662. The third-order valence-electron chi connectivity index (χ3n) is 5.18. The molecule has 3 aromatic rings. The number of fused-ring (bicyclic) bond motifs is 1. The number of aryl methyl sites for hydroxylation is 2. The fraction of sp³-hybridized carbons (Fsp3) is 0.524. The molecule has 1 aliphatic heterocycles. The van der Waals surface area contributed by atoms with Crippen molar-refractivity contribution < 1.29 is 9.53 Å². The number of rotatable bonds is 2. The van der Waals surface area contributed by atoms with Gasteiger partial charge in [0.2, 0.25) is 0 Å². The summed E-state index contributed by atoms with van der Waals surface area (Å²) in [6.45, 7) is 9.06. The zero-order valence-electron chi connectivity index (χ0n) is 17.7. The van der Waals surface area contributed by atoms with Crippen molar-refractivity contribution in [1.29, 1.82) is 0 Å². The van der Waals surface area contributed by atoms with E-state index < -0.39 is 5.60 Å².